The van der Waals surface area contributed by atoms with Crippen molar-refractivity contribution in [3.05, 3.63) is 56.2 Å². The number of hydrogen-bond acceptors (Lipinski definition) is 5. The smallest absolute Gasteiger partial charge is 0.272 e. The van der Waals surface area contributed by atoms with Gasteiger partial charge in [-0.1, -0.05) is 23.2 Å². The van der Waals surface area contributed by atoms with E-state index in [0.29, 0.717) is 5.56 Å². The number of halogens is 2. The molecule has 0 bridgehead atoms. The van der Waals surface area contributed by atoms with Crippen LogP contribution >= 0.6 is 23.2 Å². The number of aliphatic hydroxyl groups excluding tert-OH is 1. The number of pyridine rings is 1. The van der Waals surface area contributed by atoms with Crippen LogP contribution in [0, 0.1) is 10.1 Å². The highest BCUT2D eigenvalue weighted by atomic mass is 35.5. The maximum atomic E-state index is 10.7. The number of hydrogen-bond donors (Lipinski definition) is 1. The fourth-order valence-corrected chi connectivity index (χ4v) is 2.21. The van der Waals surface area contributed by atoms with E-state index in [-0.39, 0.29) is 27.4 Å². The molecule has 0 radical (unpaired) electrons. The zero-order chi connectivity index (χ0) is 15.6. The van der Waals surface area contributed by atoms with Crippen LogP contribution in [0.3, 0.4) is 0 Å². The molecule has 1 aromatic carbocycles. The van der Waals surface area contributed by atoms with Crippen molar-refractivity contribution < 1.29 is 14.8 Å². The van der Waals surface area contributed by atoms with E-state index in [2.05, 4.69) is 4.98 Å². The molecule has 1 atom stereocenters. The second kappa shape index (κ2) is 6.26. The molecule has 2 aromatic rings. The molecule has 0 aliphatic rings. The minimum absolute atomic E-state index is 0.0172. The van der Waals surface area contributed by atoms with Crippen LogP contribution in [0.4, 0.5) is 5.69 Å². The summed E-state index contributed by atoms with van der Waals surface area (Å²) >= 11 is 11.9. The predicted octanol–water partition coefficient (Wildman–Crippen LogP) is 4.14. The fraction of sp³-hybridized carbons (Fsp3) is 0.154. The molecule has 2 rings (SSSR count). The number of nitro groups is 1. The molecule has 1 unspecified atom stereocenters. The standard InChI is InChI=1S/C13H10Cl2N2O4/c1-7(18)9-3-2-4-16-13(9)21-12-10(14)5-8(17(19)20)6-11(12)15/h2-7,18H,1H3. The molecule has 0 saturated carbocycles. The molecule has 0 saturated heterocycles. The Balaban J connectivity index is 2.43. The molecule has 1 N–H and O–H groups in total. The SMILES string of the molecule is CC(O)c1cccnc1Oc1c(Cl)cc([N+](=O)[O-])cc1Cl. The summed E-state index contributed by atoms with van der Waals surface area (Å²) in [6, 6.07) is 5.55. The number of rotatable bonds is 4. The number of ether oxygens (including phenoxy) is 1. The summed E-state index contributed by atoms with van der Waals surface area (Å²) in [5, 5.41) is 20.3. The molecule has 0 aliphatic heterocycles. The molecule has 8 heteroatoms. The maximum absolute atomic E-state index is 10.7. The highest BCUT2D eigenvalue weighted by molar-refractivity contribution is 6.37. The van der Waals surface area contributed by atoms with Crippen LogP contribution in [0.5, 0.6) is 11.6 Å². The lowest BCUT2D eigenvalue weighted by Crippen LogP contribution is -1.99. The van der Waals surface area contributed by atoms with Crippen LogP contribution < -0.4 is 4.74 Å². The highest BCUT2D eigenvalue weighted by Gasteiger charge is 2.19. The number of aliphatic hydroxyl groups is 1. The molecule has 0 spiro atoms. The van der Waals surface area contributed by atoms with Crippen molar-refractivity contribution in [3.63, 3.8) is 0 Å². The van der Waals surface area contributed by atoms with E-state index in [0.717, 1.165) is 12.1 Å². The summed E-state index contributed by atoms with van der Waals surface area (Å²) < 4.78 is 5.51. The van der Waals surface area contributed by atoms with Crippen molar-refractivity contribution in [2.75, 3.05) is 0 Å². The Hall–Kier alpha value is -1.89. The van der Waals surface area contributed by atoms with Crippen LogP contribution in [-0.4, -0.2) is 15.0 Å². The van der Waals surface area contributed by atoms with E-state index in [9.17, 15) is 15.2 Å². The summed E-state index contributed by atoms with van der Waals surface area (Å²) in [7, 11) is 0. The Kier molecular flexibility index (Phi) is 4.62. The number of benzene rings is 1. The van der Waals surface area contributed by atoms with Crippen molar-refractivity contribution in [2.45, 2.75) is 13.0 Å². The minimum Gasteiger partial charge on any atom is -0.435 e. The number of nitrogens with zero attached hydrogens (tertiary/aromatic N) is 2. The Bertz CT molecular complexity index is 669. The van der Waals surface area contributed by atoms with Crippen molar-refractivity contribution >= 4 is 28.9 Å². The molecule has 110 valence electrons. The Morgan fingerprint density at radius 2 is 2.00 bits per heavy atom. The van der Waals surface area contributed by atoms with Gasteiger partial charge in [0, 0.05) is 23.9 Å². The van der Waals surface area contributed by atoms with Gasteiger partial charge < -0.3 is 9.84 Å². The first kappa shape index (κ1) is 15.5. The van der Waals surface area contributed by atoms with Crippen LogP contribution in [0.2, 0.25) is 10.0 Å². The van der Waals surface area contributed by atoms with Gasteiger partial charge >= 0.3 is 0 Å². The lowest BCUT2D eigenvalue weighted by Gasteiger charge is -2.13. The highest BCUT2D eigenvalue weighted by Crippen LogP contribution is 2.40. The normalized spacial score (nSPS) is 12.0. The van der Waals surface area contributed by atoms with Crippen molar-refractivity contribution in [3.8, 4) is 11.6 Å². The lowest BCUT2D eigenvalue weighted by molar-refractivity contribution is -0.384. The molecule has 6 nitrogen and oxygen atoms in total. The predicted molar refractivity (Wildman–Crippen MR) is 78.1 cm³/mol. The zero-order valence-electron chi connectivity index (χ0n) is 10.8. The van der Waals surface area contributed by atoms with E-state index in [4.69, 9.17) is 27.9 Å². The van der Waals surface area contributed by atoms with E-state index < -0.39 is 11.0 Å². The second-order valence-corrected chi connectivity index (χ2v) is 4.99. The fourth-order valence-electron chi connectivity index (χ4n) is 1.65. The Morgan fingerprint density at radius 3 is 2.52 bits per heavy atom. The molecule has 1 heterocycles. The number of nitro benzene ring substituents is 1. The topological polar surface area (TPSA) is 85.5 Å². The minimum atomic E-state index is -0.802. The summed E-state index contributed by atoms with van der Waals surface area (Å²) in [5.41, 5.74) is 0.206. The molecule has 21 heavy (non-hydrogen) atoms. The van der Waals surface area contributed by atoms with Gasteiger partial charge in [-0.15, -0.1) is 0 Å². The van der Waals surface area contributed by atoms with Gasteiger partial charge in [-0.25, -0.2) is 4.98 Å². The van der Waals surface area contributed by atoms with E-state index in [1.165, 1.54) is 6.20 Å². The Morgan fingerprint density at radius 1 is 1.38 bits per heavy atom. The third-order valence-electron chi connectivity index (χ3n) is 2.64. The van der Waals surface area contributed by atoms with Gasteiger partial charge in [-0.2, -0.15) is 0 Å². The Labute approximate surface area is 130 Å². The third kappa shape index (κ3) is 3.41. The van der Waals surface area contributed by atoms with Crippen molar-refractivity contribution in [1.82, 2.24) is 4.98 Å². The summed E-state index contributed by atoms with van der Waals surface area (Å²) in [6.07, 6.45) is 0.679. The molecule has 0 amide bonds. The van der Waals surface area contributed by atoms with Crippen LogP contribution in [0.15, 0.2) is 30.5 Å². The third-order valence-corrected chi connectivity index (χ3v) is 3.20. The number of non-ortho nitro benzene ring substituents is 1. The number of aromatic nitrogens is 1. The monoisotopic (exact) mass is 328 g/mol. The quantitative estimate of drug-likeness (QED) is 0.673. The van der Waals surface area contributed by atoms with Crippen LogP contribution in [0.1, 0.15) is 18.6 Å². The van der Waals surface area contributed by atoms with Gasteiger partial charge in [0.05, 0.1) is 21.1 Å². The summed E-state index contributed by atoms with van der Waals surface area (Å²) in [5.74, 6) is 0.176. The molecular formula is C13H10Cl2N2O4. The van der Waals surface area contributed by atoms with Crippen molar-refractivity contribution in [2.24, 2.45) is 0 Å². The summed E-state index contributed by atoms with van der Waals surface area (Å²) in [4.78, 5) is 14.1. The van der Waals surface area contributed by atoms with Gasteiger partial charge in [0.1, 0.15) is 0 Å². The maximum Gasteiger partial charge on any atom is 0.272 e. The van der Waals surface area contributed by atoms with Gasteiger partial charge in [0.2, 0.25) is 5.88 Å². The molecule has 0 aliphatic carbocycles. The first-order valence-corrected chi connectivity index (χ1v) is 6.60. The second-order valence-electron chi connectivity index (χ2n) is 4.17. The largest absolute Gasteiger partial charge is 0.435 e. The zero-order valence-corrected chi connectivity index (χ0v) is 12.3. The lowest BCUT2D eigenvalue weighted by atomic mass is 10.2. The van der Waals surface area contributed by atoms with Crippen LogP contribution in [-0.2, 0) is 0 Å². The van der Waals surface area contributed by atoms with E-state index >= 15 is 0 Å². The average Bonchev–Trinajstić information content (AvgIpc) is 2.42. The van der Waals surface area contributed by atoms with Gasteiger partial charge in [0.25, 0.3) is 5.69 Å². The van der Waals surface area contributed by atoms with Crippen molar-refractivity contribution in [1.29, 1.82) is 0 Å². The van der Waals surface area contributed by atoms with Gasteiger partial charge in [0.15, 0.2) is 5.75 Å². The van der Waals surface area contributed by atoms with E-state index in [1.54, 1.807) is 19.1 Å². The van der Waals surface area contributed by atoms with Gasteiger partial charge in [-0.05, 0) is 19.1 Å². The van der Waals surface area contributed by atoms with E-state index in [1.807, 2.05) is 0 Å². The van der Waals surface area contributed by atoms with Gasteiger partial charge in [-0.3, -0.25) is 10.1 Å². The summed E-state index contributed by atoms with van der Waals surface area (Å²) in [6.45, 7) is 1.56. The first-order valence-electron chi connectivity index (χ1n) is 5.84. The molecular weight excluding hydrogens is 319 g/mol. The average molecular weight is 329 g/mol. The molecule has 0 fully saturated rings. The molecule has 1 aromatic heterocycles. The van der Waals surface area contributed by atoms with Crippen LogP contribution in [0.25, 0.3) is 0 Å². The first-order chi connectivity index (χ1) is 9.90.